The summed E-state index contributed by atoms with van der Waals surface area (Å²) >= 11 is 0. The lowest BCUT2D eigenvalue weighted by Crippen LogP contribution is -2.44. The van der Waals surface area contributed by atoms with Gasteiger partial charge in [0.2, 0.25) is 0 Å². The van der Waals surface area contributed by atoms with Crippen LogP contribution in [0.3, 0.4) is 0 Å². The van der Waals surface area contributed by atoms with Gasteiger partial charge in [0.15, 0.2) is 11.5 Å². The number of H-pyrrole nitrogens is 1. The lowest BCUT2D eigenvalue weighted by molar-refractivity contribution is -0.137. The fourth-order valence-electron chi connectivity index (χ4n) is 5.10. The van der Waals surface area contributed by atoms with Gasteiger partial charge in [-0.25, -0.2) is 9.97 Å². The van der Waals surface area contributed by atoms with Crippen molar-refractivity contribution in [3.8, 4) is 5.82 Å². The number of rotatable bonds is 4. The van der Waals surface area contributed by atoms with E-state index in [1.54, 1.807) is 28.0 Å². The molecule has 0 atom stereocenters. The number of nitrogens with two attached hydrogens (primary N) is 1. The first-order valence-electron chi connectivity index (χ1n) is 12.6. The molecule has 2 aliphatic heterocycles. The topological polar surface area (TPSA) is 134 Å². The van der Waals surface area contributed by atoms with Gasteiger partial charge in [-0.3, -0.25) is 5.10 Å². The molecular weight excluding hydrogens is 515 g/mol. The normalized spacial score (nSPS) is 17.7. The number of aliphatic hydroxyl groups is 1. The van der Waals surface area contributed by atoms with Crippen LogP contribution in [-0.4, -0.2) is 81.5 Å². The number of anilines is 2. The third-order valence-corrected chi connectivity index (χ3v) is 7.06. The monoisotopic (exact) mass is 545 g/mol. The van der Waals surface area contributed by atoms with Crippen LogP contribution in [-0.2, 0) is 16.5 Å². The van der Waals surface area contributed by atoms with Crippen LogP contribution >= 0.6 is 0 Å². The second kappa shape index (κ2) is 10.8. The number of nitrogens with one attached hydrogen (secondary N) is 1. The van der Waals surface area contributed by atoms with Crippen LogP contribution in [0.2, 0.25) is 0 Å². The summed E-state index contributed by atoms with van der Waals surface area (Å²) in [4.78, 5) is 12.6. The lowest BCUT2D eigenvalue weighted by atomic mass is 9.83. The van der Waals surface area contributed by atoms with Crippen LogP contribution in [0.15, 0.2) is 42.9 Å². The molecule has 6 heterocycles. The molecule has 0 aliphatic carbocycles. The highest BCUT2D eigenvalue weighted by Crippen LogP contribution is 2.41. The van der Waals surface area contributed by atoms with E-state index in [0.717, 1.165) is 6.07 Å². The van der Waals surface area contributed by atoms with E-state index in [4.69, 9.17) is 9.72 Å². The Kier molecular flexibility index (Phi) is 7.42. The number of alkyl halides is 3. The molecular formula is C25H30F3N9O2. The van der Waals surface area contributed by atoms with Gasteiger partial charge in [-0.05, 0) is 43.7 Å². The molecule has 0 bridgehead atoms. The highest BCUT2D eigenvalue weighted by molar-refractivity contribution is 5.83. The third kappa shape index (κ3) is 5.14. The number of aromatic nitrogens is 6. The maximum atomic E-state index is 13.6. The largest absolute Gasteiger partial charge is 0.419 e. The highest BCUT2D eigenvalue weighted by atomic mass is 19.4. The van der Waals surface area contributed by atoms with Crippen LogP contribution in [0.4, 0.5) is 24.8 Å². The Bertz CT molecular complexity index is 1390. The van der Waals surface area contributed by atoms with Gasteiger partial charge in [0, 0.05) is 43.8 Å². The summed E-state index contributed by atoms with van der Waals surface area (Å²) in [5.74, 6) is 1.20. The van der Waals surface area contributed by atoms with Crippen molar-refractivity contribution < 1.29 is 23.0 Å². The van der Waals surface area contributed by atoms with E-state index < -0.39 is 17.3 Å². The maximum absolute atomic E-state index is 13.6. The van der Waals surface area contributed by atoms with Crippen LogP contribution in [0.25, 0.3) is 16.9 Å². The minimum Gasteiger partial charge on any atom is -0.385 e. The van der Waals surface area contributed by atoms with Crippen molar-refractivity contribution in [2.24, 2.45) is 5.73 Å². The number of morpholine rings is 1. The summed E-state index contributed by atoms with van der Waals surface area (Å²) in [6, 6.07) is 5.97. The number of pyridine rings is 2. The van der Waals surface area contributed by atoms with Crippen LogP contribution < -0.4 is 15.5 Å². The second-order valence-corrected chi connectivity index (χ2v) is 9.25. The number of nitrogens with zero attached hydrogens (tertiary/aromatic N) is 7. The molecule has 4 aromatic heterocycles. The van der Waals surface area contributed by atoms with Crippen molar-refractivity contribution in [2.45, 2.75) is 24.6 Å². The molecule has 0 spiro atoms. The van der Waals surface area contributed by atoms with E-state index in [9.17, 15) is 18.3 Å². The Morgan fingerprint density at radius 2 is 1.79 bits per heavy atom. The van der Waals surface area contributed by atoms with Crippen molar-refractivity contribution in [2.75, 3.05) is 56.2 Å². The van der Waals surface area contributed by atoms with Crippen LogP contribution in [0.1, 0.15) is 24.0 Å². The van der Waals surface area contributed by atoms with Gasteiger partial charge in [0.1, 0.15) is 11.6 Å². The third-order valence-electron chi connectivity index (χ3n) is 7.06. The summed E-state index contributed by atoms with van der Waals surface area (Å²) in [5, 5.41) is 24.0. The van der Waals surface area contributed by atoms with Crippen molar-refractivity contribution >= 4 is 22.7 Å². The first-order chi connectivity index (χ1) is 18.8. The van der Waals surface area contributed by atoms with Crippen molar-refractivity contribution in [3.63, 3.8) is 0 Å². The maximum Gasteiger partial charge on any atom is 0.419 e. The molecule has 2 fully saturated rings. The summed E-state index contributed by atoms with van der Waals surface area (Å²) in [7, 11) is 1.50. The summed E-state index contributed by atoms with van der Waals surface area (Å²) < 4.78 is 47.9. The quantitative estimate of drug-likeness (QED) is 0.354. The predicted octanol–water partition coefficient (Wildman–Crippen LogP) is 2.46. The van der Waals surface area contributed by atoms with Crippen molar-refractivity contribution in [3.05, 3.63) is 54.0 Å². The minimum atomic E-state index is -4.51. The van der Waals surface area contributed by atoms with Crippen LogP contribution in [0, 0.1) is 0 Å². The standard InChI is InChI=1S/C24H25F3N8O2.CH5N/c25-24(26,27)17-2-1-6-28-22(17)34-8-4-23(36,5-9-34)18-14-20(33-10-12-37-13-11-33)31-21-16(18)15-30-35(21)19-3-7-29-32-19;1-2/h1-3,6-7,14-15,36H,4-5,8-13H2,(H,29,32);2H2,1H3. The second-order valence-electron chi connectivity index (χ2n) is 9.25. The van der Waals surface area contributed by atoms with E-state index >= 15 is 0 Å². The smallest absolute Gasteiger partial charge is 0.385 e. The number of aromatic amines is 1. The Morgan fingerprint density at radius 3 is 2.46 bits per heavy atom. The van der Waals surface area contributed by atoms with Gasteiger partial charge in [0.25, 0.3) is 0 Å². The van der Waals surface area contributed by atoms with Crippen molar-refractivity contribution in [1.82, 2.24) is 29.9 Å². The van der Waals surface area contributed by atoms with E-state index in [1.165, 1.54) is 19.3 Å². The van der Waals surface area contributed by atoms with Gasteiger partial charge >= 0.3 is 6.18 Å². The Labute approximate surface area is 222 Å². The fourth-order valence-corrected chi connectivity index (χ4v) is 5.10. The molecule has 208 valence electrons. The molecule has 0 amide bonds. The molecule has 4 aromatic rings. The molecule has 39 heavy (non-hydrogen) atoms. The van der Waals surface area contributed by atoms with Gasteiger partial charge in [0.05, 0.1) is 36.8 Å². The number of hydrogen-bond acceptors (Lipinski definition) is 9. The van der Waals surface area contributed by atoms with E-state index in [2.05, 4.69) is 30.9 Å². The molecule has 0 aromatic carbocycles. The Hall–Kier alpha value is -3.75. The number of halogens is 3. The van der Waals surface area contributed by atoms with Gasteiger partial charge in [-0.15, -0.1) is 0 Å². The van der Waals surface area contributed by atoms with Crippen LogP contribution in [0.5, 0.6) is 0 Å². The zero-order valence-electron chi connectivity index (χ0n) is 21.4. The Morgan fingerprint density at radius 1 is 1.05 bits per heavy atom. The van der Waals surface area contributed by atoms with E-state index in [-0.39, 0.29) is 31.7 Å². The SMILES string of the molecule is CN.OC1(c2cc(N3CCOCC3)nc3c2cnn3-c2ccn[nH]2)CCN(c2ncccc2C(F)(F)F)CC1. The number of piperidine rings is 1. The van der Waals surface area contributed by atoms with Gasteiger partial charge in [-0.2, -0.15) is 28.1 Å². The first kappa shape index (κ1) is 26.8. The average Bonchev–Trinajstić information content (AvgIpc) is 3.64. The lowest BCUT2D eigenvalue weighted by Gasteiger charge is -2.40. The van der Waals surface area contributed by atoms with Crippen molar-refractivity contribution in [1.29, 1.82) is 0 Å². The molecule has 11 nitrogen and oxygen atoms in total. The number of fused-ring (bicyclic) bond motifs is 1. The first-order valence-corrected chi connectivity index (χ1v) is 12.6. The highest BCUT2D eigenvalue weighted by Gasteiger charge is 2.40. The van der Waals surface area contributed by atoms with E-state index in [1.807, 2.05) is 6.07 Å². The minimum absolute atomic E-state index is 0.113. The predicted molar refractivity (Wildman–Crippen MR) is 139 cm³/mol. The average molecular weight is 546 g/mol. The fraction of sp³-hybridized carbons (Fsp3) is 0.440. The molecule has 0 unspecified atom stereocenters. The summed E-state index contributed by atoms with van der Waals surface area (Å²) in [6.45, 7) is 2.87. The molecule has 2 saturated heterocycles. The molecule has 0 saturated carbocycles. The Balaban J connectivity index is 0.00000151. The van der Waals surface area contributed by atoms with Gasteiger partial charge < -0.3 is 25.4 Å². The molecule has 0 radical (unpaired) electrons. The summed E-state index contributed by atoms with van der Waals surface area (Å²) in [6.07, 6.45) is 0.562. The summed E-state index contributed by atoms with van der Waals surface area (Å²) in [5.41, 5.74) is 3.65. The molecule has 2 aliphatic rings. The molecule has 4 N–H and O–H groups in total. The van der Waals surface area contributed by atoms with Gasteiger partial charge in [-0.1, -0.05) is 0 Å². The molecule has 14 heteroatoms. The zero-order chi connectivity index (χ0) is 27.6. The van der Waals surface area contributed by atoms with E-state index in [0.29, 0.717) is 54.5 Å². The molecule has 6 rings (SSSR count). The number of ether oxygens (including phenoxy) is 1. The number of hydrogen-bond donors (Lipinski definition) is 3. The zero-order valence-corrected chi connectivity index (χ0v) is 21.4.